The molecule has 1 saturated carbocycles. The number of aliphatic hydroxyl groups excluding tert-OH is 1. The zero-order valence-corrected chi connectivity index (χ0v) is 15.0. The van der Waals surface area contributed by atoms with Gasteiger partial charge in [-0.05, 0) is 26.7 Å². The minimum absolute atomic E-state index is 0.0175. The van der Waals surface area contributed by atoms with Crippen molar-refractivity contribution in [2.24, 2.45) is 0 Å². The van der Waals surface area contributed by atoms with Gasteiger partial charge in [0, 0.05) is 23.6 Å². The molecule has 2 aromatic heterocycles. The average Bonchev–Trinajstić information content (AvgIpc) is 3.28. The van der Waals surface area contributed by atoms with E-state index >= 15 is 0 Å². The van der Waals surface area contributed by atoms with Crippen LogP contribution in [0.3, 0.4) is 0 Å². The van der Waals surface area contributed by atoms with Crippen molar-refractivity contribution in [1.82, 2.24) is 20.7 Å². The Bertz CT molecular complexity index is 939. The number of nitrogens with zero attached hydrogens (tertiary/aromatic N) is 3. The molecule has 27 heavy (non-hydrogen) atoms. The lowest BCUT2D eigenvalue weighted by atomic mass is 9.80. The molecule has 0 spiro atoms. The molecule has 1 aliphatic rings. The molecule has 1 atom stereocenters. The summed E-state index contributed by atoms with van der Waals surface area (Å²) in [5.74, 6) is 1.10. The van der Waals surface area contributed by atoms with Crippen LogP contribution < -0.4 is 5.32 Å². The summed E-state index contributed by atoms with van der Waals surface area (Å²) in [5, 5.41) is 24.0. The maximum Gasteiger partial charge on any atom is 0.273 e. The molecule has 4 rings (SSSR count). The molecule has 1 fully saturated rings. The molecular formula is C19H20N4O4. The van der Waals surface area contributed by atoms with Crippen LogP contribution in [-0.4, -0.2) is 32.4 Å². The van der Waals surface area contributed by atoms with Crippen molar-refractivity contribution < 1.29 is 18.8 Å². The summed E-state index contributed by atoms with van der Waals surface area (Å²) in [4.78, 5) is 12.4. The van der Waals surface area contributed by atoms with E-state index in [1.807, 2.05) is 31.2 Å². The molecule has 0 saturated heterocycles. The van der Waals surface area contributed by atoms with Gasteiger partial charge in [0.1, 0.15) is 6.10 Å². The van der Waals surface area contributed by atoms with Crippen LogP contribution >= 0.6 is 0 Å². The number of carbonyl (C=O) groups is 1. The van der Waals surface area contributed by atoms with Gasteiger partial charge in [-0.1, -0.05) is 35.0 Å². The SMILES string of the molecule is Cc1ccc(-c2cc(C(=O)NC3CC(c4nnc([C@@H](C)O)o4)C3)no2)cc1. The Morgan fingerprint density at radius 1 is 1.26 bits per heavy atom. The summed E-state index contributed by atoms with van der Waals surface area (Å²) in [7, 11) is 0. The third-order valence-electron chi connectivity index (χ3n) is 4.72. The summed E-state index contributed by atoms with van der Waals surface area (Å²) < 4.78 is 10.7. The zero-order chi connectivity index (χ0) is 19.0. The van der Waals surface area contributed by atoms with Gasteiger partial charge in [0.2, 0.25) is 11.8 Å². The molecule has 0 aliphatic heterocycles. The molecule has 2 heterocycles. The molecule has 2 N–H and O–H groups in total. The highest BCUT2D eigenvalue weighted by Gasteiger charge is 2.36. The Labute approximate surface area is 155 Å². The van der Waals surface area contributed by atoms with Crippen LogP contribution in [0.4, 0.5) is 0 Å². The first kappa shape index (κ1) is 17.4. The van der Waals surface area contributed by atoms with Crippen LogP contribution in [0, 0.1) is 6.92 Å². The predicted molar refractivity (Wildman–Crippen MR) is 94.8 cm³/mol. The number of benzene rings is 1. The second-order valence-corrected chi connectivity index (χ2v) is 6.94. The van der Waals surface area contributed by atoms with Crippen LogP contribution in [0.1, 0.15) is 59.6 Å². The van der Waals surface area contributed by atoms with Crippen molar-refractivity contribution in [2.45, 2.75) is 44.8 Å². The zero-order valence-electron chi connectivity index (χ0n) is 15.0. The van der Waals surface area contributed by atoms with Crippen molar-refractivity contribution in [3.05, 3.63) is 53.4 Å². The number of amides is 1. The molecule has 8 nitrogen and oxygen atoms in total. The predicted octanol–water partition coefficient (Wildman–Crippen LogP) is 2.76. The molecular weight excluding hydrogens is 348 g/mol. The van der Waals surface area contributed by atoms with Gasteiger partial charge in [-0.3, -0.25) is 4.79 Å². The molecule has 1 amide bonds. The van der Waals surface area contributed by atoms with E-state index < -0.39 is 6.10 Å². The van der Waals surface area contributed by atoms with Gasteiger partial charge in [-0.25, -0.2) is 0 Å². The third-order valence-corrected chi connectivity index (χ3v) is 4.72. The van der Waals surface area contributed by atoms with Crippen molar-refractivity contribution in [3.63, 3.8) is 0 Å². The topological polar surface area (TPSA) is 114 Å². The number of hydrogen-bond acceptors (Lipinski definition) is 7. The van der Waals surface area contributed by atoms with Gasteiger partial charge in [0.25, 0.3) is 5.91 Å². The maximum absolute atomic E-state index is 12.4. The van der Waals surface area contributed by atoms with Crippen molar-refractivity contribution in [3.8, 4) is 11.3 Å². The Kier molecular flexibility index (Phi) is 4.49. The van der Waals surface area contributed by atoms with Crippen molar-refractivity contribution in [1.29, 1.82) is 0 Å². The number of rotatable bonds is 5. The van der Waals surface area contributed by atoms with Gasteiger partial charge in [-0.15, -0.1) is 10.2 Å². The quantitative estimate of drug-likeness (QED) is 0.711. The van der Waals surface area contributed by atoms with Gasteiger partial charge < -0.3 is 19.4 Å². The van der Waals surface area contributed by atoms with E-state index in [0.717, 1.165) is 11.1 Å². The van der Waals surface area contributed by atoms with E-state index in [0.29, 0.717) is 24.5 Å². The number of aryl methyl sites for hydroxylation is 1. The second kappa shape index (κ2) is 6.96. The Morgan fingerprint density at radius 2 is 2.00 bits per heavy atom. The highest BCUT2D eigenvalue weighted by Crippen LogP contribution is 2.36. The van der Waals surface area contributed by atoms with Crippen LogP contribution in [0.15, 0.2) is 39.3 Å². The standard InChI is InChI=1S/C19H20N4O4/c1-10-3-5-12(6-4-10)16-9-15(23-27-16)17(25)20-14-7-13(8-14)19-22-21-18(26-19)11(2)24/h3-6,9,11,13-14,24H,7-8H2,1-2H3,(H,20,25)/t11-,13?,14?/m1/s1. The fourth-order valence-electron chi connectivity index (χ4n) is 3.01. The minimum Gasteiger partial charge on any atom is -0.422 e. The molecule has 1 aromatic carbocycles. The van der Waals surface area contributed by atoms with Crippen LogP contribution in [0.2, 0.25) is 0 Å². The lowest BCUT2D eigenvalue weighted by Crippen LogP contribution is -2.43. The van der Waals surface area contributed by atoms with Crippen LogP contribution in [0.25, 0.3) is 11.3 Å². The number of hydrogen-bond donors (Lipinski definition) is 2. The van der Waals surface area contributed by atoms with Crippen molar-refractivity contribution >= 4 is 5.91 Å². The number of aliphatic hydroxyl groups is 1. The second-order valence-electron chi connectivity index (χ2n) is 6.94. The molecule has 3 aromatic rings. The Balaban J connectivity index is 1.33. The van der Waals surface area contributed by atoms with E-state index in [1.165, 1.54) is 0 Å². The molecule has 140 valence electrons. The molecule has 0 radical (unpaired) electrons. The van der Waals surface area contributed by atoms with Crippen LogP contribution in [-0.2, 0) is 0 Å². The number of aromatic nitrogens is 3. The first-order valence-corrected chi connectivity index (χ1v) is 8.85. The van der Waals surface area contributed by atoms with E-state index in [2.05, 4.69) is 20.7 Å². The summed E-state index contributed by atoms with van der Waals surface area (Å²) in [5.41, 5.74) is 2.28. The fourth-order valence-corrected chi connectivity index (χ4v) is 3.01. The van der Waals surface area contributed by atoms with E-state index in [-0.39, 0.29) is 29.5 Å². The largest absolute Gasteiger partial charge is 0.422 e. The lowest BCUT2D eigenvalue weighted by Gasteiger charge is -2.33. The third kappa shape index (κ3) is 3.61. The fraction of sp³-hybridized carbons (Fsp3) is 0.368. The van der Waals surface area contributed by atoms with Crippen molar-refractivity contribution in [2.75, 3.05) is 0 Å². The first-order chi connectivity index (χ1) is 13.0. The Hall–Kier alpha value is -3.00. The van der Waals surface area contributed by atoms with Gasteiger partial charge in [-0.2, -0.15) is 0 Å². The summed E-state index contributed by atoms with van der Waals surface area (Å²) in [6, 6.07) is 9.48. The van der Waals surface area contributed by atoms with E-state index in [1.54, 1.807) is 13.0 Å². The highest BCUT2D eigenvalue weighted by molar-refractivity contribution is 5.93. The van der Waals surface area contributed by atoms with Crippen LogP contribution in [0.5, 0.6) is 0 Å². The summed E-state index contributed by atoms with van der Waals surface area (Å²) in [6.45, 7) is 3.58. The Morgan fingerprint density at radius 3 is 2.67 bits per heavy atom. The molecule has 1 aliphatic carbocycles. The summed E-state index contributed by atoms with van der Waals surface area (Å²) >= 11 is 0. The molecule has 0 unspecified atom stereocenters. The average molecular weight is 368 g/mol. The molecule has 8 heteroatoms. The smallest absolute Gasteiger partial charge is 0.273 e. The van der Waals surface area contributed by atoms with E-state index in [4.69, 9.17) is 8.94 Å². The monoisotopic (exact) mass is 368 g/mol. The van der Waals surface area contributed by atoms with E-state index in [9.17, 15) is 9.90 Å². The number of nitrogens with one attached hydrogen (secondary N) is 1. The first-order valence-electron chi connectivity index (χ1n) is 8.85. The number of carbonyl (C=O) groups excluding carboxylic acids is 1. The highest BCUT2D eigenvalue weighted by atomic mass is 16.5. The minimum atomic E-state index is -0.781. The lowest BCUT2D eigenvalue weighted by molar-refractivity contribution is 0.0892. The van der Waals surface area contributed by atoms with Gasteiger partial charge in [0.15, 0.2) is 11.5 Å². The maximum atomic E-state index is 12.4. The summed E-state index contributed by atoms with van der Waals surface area (Å²) in [6.07, 6.45) is 0.628. The van der Waals surface area contributed by atoms with Gasteiger partial charge >= 0.3 is 0 Å². The molecule has 0 bridgehead atoms. The van der Waals surface area contributed by atoms with Gasteiger partial charge in [0.05, 0.1) is 0 Å². The normalized spacial score (nSPS) is 20.1.